The van der Waals surface area contributed by atoms with Gasteiger partial charge in [0.25, 0.3) is 0 Å². The Kier molecular flexibility index (Phi) is 2.66. The van der Waals surface area contributed by atoms with Crippen molar-refractivity contribution in [1.82, 2.24) is 14.4 Å². The van der Waals surface area contributed by atoms with Gasteiger partial charge in [-0.1, -0.05) is 24.3 Å². The van der Waals surface area contributed by atoms with E-state index >= 15 is 0 Å². The van der Waals surface area contributed by atoms with Gasteiger partial charge in [0.15, 0.2) is 12.1 Å². The van der Waals surface area contributed by atoms with Crippen LogP contribution < -0.4 is 5.73 Å². The topological polar surface area (TPSA) is 73.3 Å². The Morgan fingerprint density at radius 3 is 2.82 bits per heavy atom. The van der Waals surface area contributed by atoms with Crippen LogP contribution in [0.4, 0.5) is 5.82 Å². The first-order valence-corrected chi connectivity index (χ1v) is 6.84. The number of aromatic nitrogens is 3. The molecule has 0 aliphatic carbocycles. The second-order valence-electron chi connectivity index (χ2n) is 5.05. The fourth-order valence-electron chi connectivity index (χ4n) is 2.70. The van der Waals surface area contributed by atoms with Gasteiger partial charge < -0.3 is 5.73 Å². The molecular weight excluding hydrogens is 276 g/mol. The first kappa shape index (κ1) is 12.5. The summed E-state index contributed by atoms with van der Waals surface area (Å²) in [5.41, 5.74) is 8.74. The van der Waals surface area contributed by atoms with Crippen LogP contribution in [-0.4, -0.2) is 20.7 Å². The molecule has 22 heavy (non-hydrogen) atoms. The summed E-state index contributed by atoms with van der Waals surface area (Å²) in [5, 5.41) is 2.18. The van der Waals surface area contributed by atoms with Crippen LogP contribution >= 0.6 is 0 Å². The summed E-state index contributed by atoms with van der Waals surface area (Å²) in [6, 6.07) is 11.9. The van der Waals surface area contributed by atoms with Gasteiger partial charge in [-0.2, -0.15) is 0 Å². The number of nitrogens with two attached hydrogens (primary N) is 1. The highest BCUT2D eigenvalue weighted by Gasteiger charge is 2.11. The van der Waals surface area contributed by atoms with Crippen LogP contribution in [0.3, 0.4) is 0 Å². The molecule has 4 rings (SSSR count). The van der Waals surface area contributed by atoms with Gasteiger partial charge in [0.1, 0.15) is 11.3 Å². The molecule has 106 valence electrons. The summed E-state index contributed by atoms with van der Waals surface area (Å²) in [4.78, 5) is 19.7. The molecule has 0 unspecified atom stereocenters. The third-order valence-corrected chi connectivity index (χ3v) is 3.77. The molecule has 0 amide bonds. The summed E-state index contributed by atoms with van der Waals surface area (Å²) in [6.45, 7) is 0. The van der Waals surface area contributed by atoms with Gasteiger partial charge in [-0.15, -0.1) is 0 Å². The largest absolute Gasteiger partial charge is 0.382 e. The van der Waals surface area contributed by atoms with E-state index in [2.05, 4.69) is 16.0 Å². The second kappa shape index (κ2) is 4.66. The van der Waals surface area contributed by atoms with Gasteiger partial charge in [-0.05, 0) is 17.5 Å². The molecule has 0 spiro atoms. The number of benzene rings is 1. The number of carbonyl (C=O) groups is 1. The number of anilines is 1. The van der Waals surface area contributed by atoms with Gasteiger partial charge in [0.2, 0.25) is 0 Å². The molecule has 0 atom stereocenters. The van der Waals surface area contributed by atoms with Gasteiger partial charge >= 0.3 is 0 Å². The highest BCUT2D eigenvalue weighted by Crippen LogP contribution is 2.28. The van der Waals surface area contributed by atoms with E-state index in [9.17, 15) is 4.79 Å². The first-order valence-electron chi connectivity index (χ1n) is 6.84. The maximum Gasteiger partial charge on any atom is 0.170 e. The van der Waals surface area contributed by atoms with Crippen molar-refractivity contribution in [2.24, 2.45) is 0 Å². The summed E-state index contributed by atoms with van der Waals surface area (Å²) in [7, 11) is 0. The van der Waals surface area contributed by atoms with Gasteiger partial charge in [0, 0.05) is 35.1 Å². The molecule has 5 heteroatoms. The van der Waals surface area contributed by atoms with Gasteiger partial charge in [-0.25, -0.2) is 4.98 Å². The minimum Gasteiger partial charge on any atom is -0.382 e. The second-order valence-corrected chi connectivity index (χ2v) is 5.05. The predicted molar refractivity (Wildman–Crippen MR) is 85.7 cm³/mol. The molecule has 5 nitrogen and oxygen atoms in total. The Hall–Kier alpha value is -3.21. The number of hydrogen-bond acceptors (Lipinski definition) is 4. The average molecular weight is 288 g/mol. The fraction of sp³-hybridized carbons (Fsp3) is 0. The zero-order valence-corrected chi connectivity index (χ0v) is 11.6. The predicted octanol–water partition coefficient (Wildman–Crippen LogP) is 2.94. The van der Waals surface area contributed by atoms with E-state index in [0.717, 1.165) is 28.2 Å². The van der Waals surface area contributed by atoms with E-state index in [0.29, 0.717) is 11.3 Å². The van der Waals surface area contributed by atoms with Crippen molar-refractivity contribution in [2.45, 2.75) is 0 Å². The van der Waals surface area contributed by atoms with E-state index in [4.69, 9.17) is 5.73 Å². The summed E-state index contributed by atoms with van der Waals surface area (Å²) < 4.78 is 1.71. The van der Waals surface area contributed by atoms with Gasteiger partial charge in [0.05, 0.1) is 0 Å². The van der Waals surface area contributed by atoms with Crippen LogP contribution in [0.15, 0.2) is 55.0 Å². The van der Waals surface area contributed by atoms with E-state index in [-0.39, 0.29) is 5.82 Å². The van der Waals surface area contributed by atoms with Crippen LogP contribution in [-0.2, 0) is 0 Å². The number of hydrogen-bond donors (Lipinski definition) is 1. The minimum atomic E-state index is 0.239. The molecule has 1 aromatic carbocycles. The number of rotatable bonds is 2. The summed E-state index contributed by atoms with van der Waals surface area (Å²) in [6.07, 6.45) is 6.25. The molecule has 0 radical (unpaired) electrons. The molecule has 0 saturated heterocycles. The number of aldehydes is 1. The van der Waals surface area contributed by atoms with E-state index < -0.39 is 0 Å². The average Bonchev–Trinajstić information content (AvgIpc) is 2.88. The number of imidazole rings is 1. The standard InChI is InChI=1S/C17H12N4O/c18-17-15(10-22)21-9-12(5-6-16(21)20-17)14-8-19-7-11-3-1-2-4-13(11)14/h1-10H,18H2. The third-order valence-electron chi connectivity index (χ3n) is 3.77. The molecule has 4 aromatic rings. The van der Waals surface area contributed by atoms with Crippen LogP contribution in [0.2, 0.25) is 0 Å². The summed E-state index contributed by atoms with van der Waals surface area (Å²) in [5.74, 6) is 0.239. The Morgan fingerprint density at radius 1 is 1.09 bits per heavy atom. The summed E-state index contributed by atoms with van der Waals surface area (Å²) >= 11 is 0. The number of nitrogens with zero attached hydrogens (tertiary/aromatic N) is 3. The number of carbonyl (C=O) groups excluding carboxylic acids is 1. The SMILES string of the molecule is Nc1nc2ccc(-c3cncc4ccccc34)cn2c1C=O. The lowest BCUT2D eigenvalue weighted by atomic mass is 10.0. The third kappa shape index (κ3) is 1.76. The molecule has 0 aliphatic heterocycles. The lowest BCUT2D eigenvalue weighted by molar-refractivity contribution is 0.111. The van der Waals surface area contributed by atoms with E-state index in [1.807, 2.05) is 48.9 Å². The Balaban J connectivity index is 2.02. The van der Waals surface area contributed by atoms with Crippen molar-refractivity contribution in [2.75, 3.05) is 5.73 Å². The Labute approximate surface area is 126 Å². The highest BCUT2D eigenvalue weighted by molar-refractivity contribution is 5.95. The fourth-order valence-corrected chi connectivity index (χ4v) is 2.70. The molecule has 0 aliphatic rings. The lowest BCUT2D eigenvalue weighted by Crippen LogP contribution is -1.95. The molecule has 2 N–H and O–H groups in total. The number of nitrogen functional groups attached to an aromatic ring is 1. The van der Waals surface area contributed by atoms with E-state index in [1.54, 1.807) is 4.40 Å². The van der Waals surface area contributed by atoms with Crippen molar-refractivity contribution in [3.8, 4) is 11.1 Å². The Bertz CT molecular complexity index is 1010. The van der Waals surface area contributed by atoms with Crippen molar-refractivity contribution in [3.63, 3.8) is 0 Å². The van der Waals surface area contributed by atoms with Crippen molar-refractivity contribution in [1.29, 1.82) is 0 Å². The molecular formula is C17H12N4O. The molecule has 3 heterocycles. The van der Waals surface area contributed by atoms with Crippen molar-refractivity contribution < 1.29 is 4.79 Å². The van der Waals surface area contributed by atoms with Crippen molar-refractivity contribution in [3.05, 3.63) is 60.7 Å². The quantitative estimate of drug-likeness (QED) is 0.575. The number of pyridine rings is 2. The smallest absolute Gasteiger partial charge is 0.170 e. The lowest BCUT2D eigenvalue weighted by Gasteiger charge is -2.07. The molecule has 0 fully saturated rings. The van der Waals surface area contributed by atoms with Crippen LogP contribution in [0.1, 0.15) is 10.5 Å². The molecule has 0 bridgehead atoms. The normalized spacial score (nSPS) is 11.1. The number of fused-ring (bicyclic) bond motifs is 2. The zero-order chi connectivity index (χ0) is 15.1. The maximum absolute atomic E-state index is 11.2. The highest BCUT2D eigenvalue weighted by atomic mass is 16.1. The first-order chi connectivity index (χ1) is 10.8. The maximum atomic E-state index is 11.2. The van der Waals surface area contributed by atoms with Crippen LogP contribution in [0.5, 0.6) is 0 Å². The monoisotopic (exact) mass is 288 g/mol. The zero-order valence-electron chi connectivity index (χ0n) is 11.6. The van der Waals surface area contributed by atoms with Crippen LogP contribution in [0, 0.1) is 0 Å². The minimum absolute atomic E-state index is 0.239. The van der Waals surface area contributed by atoms with Crippen molar-refractivity contribution >= 4 is 28.5 Å². The molecule has 0 saturated carbocycles. The van der Waals surface area contributed by atoms with Crippen LogP contribution in [0.25, 0.3) is 27.5 Å². The van der Waals surface area contributed by atoms with Gasteiger partial charge in [-0.3, -0.25) is 14.2 Å². The van der Waals surface area contributed by atoms with E-state index in [1.165, 1.54) is 0 Å². The Morgan fingerprint density at radius 2 is 1.95 bits per heavy atom. The molecule has 3 aromatic heterocycles.